The zero-order valence-corrected chi connectivity index (χ0v) is 21.9. The van der Waals surface area contributed by atoms with Gasteiger partial charge in [0.25, 0.3) is 0 Å². The number of nitro groups is 2. The van der Waals surface area contributed by atoms with Gasteiger partial charge in [-0.05, 0) is 34.3 Å². The number of hydrogen-bond acceptors (Lipinski definition) is 10. The monoisotopic (exact) mass is 609 g/mol. The van der Waals surface area contributed by atoms with Gasteiger partial charge in [0.2, 0.25) is 8.77 Å². The summed E-state index contributed by atoms with van der Waals surface area (Å²) in [6.45, 7) is 4.49. The van der Waals surface area contributed by atoms with Crippen molar-refractivity contribution in [2.75, 3.05) is 13.2 Å². The van der Waals surface area contributed by atoms with Gasteiger partial charge in [-0.2, -0.15) is 0 Å². The second kappa shape index (κ2) is 16.0. The van der Waals surface area contributed by atoms with Gasteiger partial charge in [-0.25, -0.2) is 19.1 Å². The third-order valence-corrected chi connectivity index (χ3v) is 4.02. The molecule has 0 amide bonds. The maximum Gasteiger partial charge on any atom is 7.00 e. The van der Waals surface area contributed by atoms with Crippen molar-refractivity contribution in [1.29, 1.82) is 0 Å². The molecule has 0 aliphatic carbocycles. The molecule has 0 fully saturated rings. The van der Waals surface area contributed by atoms with Crippen LogP contribution >= 0.6 is 49.7 Å². The van der Waals surface area contributed by atoms with Gasteiger partial charge < -0.3 is 35.2 Å². The summed E-state index contributed by atoms with van der Waals surface area (Å²) in [4.78, 5) is 27.9. The van der Waals surface area contributed by atoms with Crippen LogP contribution in [0.4, 0.5) is 11.6 Å². The van der Waals surface area contributed by atoms with Crippen LogP contribution < -0.4 is 0 Å². The van der Waals surface area contributed by atoms with E-state index in [0.717, 1.165) is 0 Å². The van der Waals surface area contributed by atoms with Crippen molar-refractivity contribution >= 4 is 70.1 Å². The first-order chi connectivity index (χ1) is 14.0. The van der Waals surface area contributed by atoms with Crippen molar-refractivity contribution in [1.82, 2.24) is 19.1 Å². The van der Waals surface area contributed by atoms with E-state index in [-0.39, 0.29) is 59.2 Å². The van der Waals surface area contributed by atoms with E-state index in [1.807, 2.05) is 0 Å². The molecule has 2 rings (SSSR count). The molecule has 0 bridgehead atoms. The summed E-state index contributed by atoms with van der Waals surface area (Å²) in [5, 5.41) is 21.2. The summed E-state index contributed by atoms with van der Waals surface area (Å²) in [5.74, 6) is 1.02. The molecule has 0 spiro atoms. The molecule has 0 aliphatic heterocycles. The van der Waals surface area contributed by atoms with Crippen molar-refractivity contribution in [2.45, 2.75) is 26.9 Å². The minimum absolute atomic E-state index is 0. The average molecular weight is 610 g/mol. The van der Waals surface area contributed by atoms with Crippen molar-refractivity contribution in [3.63, 3.8) is 0 Å². The van der Waals surface area contributed by atoms with E-state index in [0.29, 0.717) is 24.7 Å². The van der Waals surface area contributed by atoms with Gasteiger partial charge >= 0.3 is 31.7 Å². The average Bonchev–Trinajstić information content (AvgIpc) is 3.19. The van der Waals surface area contributed by atoms with E-state index in [4.69, 9.17) is 9.47 Å². The van der Waals surface area contributed by atoms with Gasteiger partial charge in [-0.1, -0.05) is 25.3 Å². The van der Waals surface area contributed by atoms with Gasteiger partial charge in [0.15, 0.2) is 11.6 Å². The smallest absolute Gasteiger partial charge is 2.00 e. The molecule has 0 aromatic carbocycles. The SMILES string of the molecule is Cc1ncc([N+](=O)[O-])n1CCOC(=S)S.Cc1ncc([N+](=O)[O-])n1CCOC(=S)S.[99Tc+7].[O-2]. The second-order valence-electron chi connectivity index (χ2n) is 5.37. The van der Waals surface area contributed by atoms with Gasteiger partial charge in [0.1, 0.15) is 38.7 Å². The molecule has 0 saturated carbocycles. The van der Waals surface area contributed by atoms with Crippen LogP contribution in [0.3, 0.4) is 0 Å². The van der Waals surface area contributed by atoms with Gasteiger partial charge in [0, 0.05) is 13.8 Å². The van der Waals surface area contributed by atoms with Crippen LogP contribution in [0, 0.1) is 34.1 Å². The predicted molar refractivity (Wildman–Crippen MR) is 123 cm³/mol. The Balaban J connectivity index is 0. The van der Waals surface area contributed by atoms with E-state index < -0.39 is 9.85 Å². The molecule has 13 nitrogen and oxygen atoms in total. The molecule has 2 aromatic heterocycles. The molecule has 0 atom stereocenters. The Labute approximate surface area is 217 Å². The van der Waals surface area contributed by atoms with Crippen LogP contribution in [0.5, 0.6) is 0 Å². The number of rotatable bonds is 8. The fourth-order valence-electron chi connectivity index (χ4n) is 2.21. The zero-order valence-electron chi connectivity index (χ0n) is 16.6. The number of aryl methyl sites for hydroxylation is 2. The van der Waals surface area contributed by atoms with E-state index in [9.17, 15) is 20.2 Å². The molecule has 172 valence electrons. The summed E-state index contributed by atoms with van der Waals surface area (Å²) in [6.07, 6.45) is 2.43. The molecule has 0 unspecified atom stereocenters. The minimum atomic E-state index is -0.487. The molecule has 2 aromatic rings. The quantitative estimate of drug-likeness (QED) is 0.196. The molecule has 0 aliphatic rings. The fourth-order valence-corrected chi connectivity index (χ4v) is 2.55. The van der Waals surface area contributed by atoms with Crippen LogP contribution in [0.15, 0.2) is 12.4 Å². The molecule has 0 radical (unpaired) electrons. The van der Waals surface area contributed by atoms with Crippen molar-refractivity contribution < 1.29 is 44.9 Å². The van der Waals surface area contributed by atoms with Crippen LogP contribution in [0.25, 0.3) is 0 Å². The van der Waals surface area contributed by atoms with E-state index in [1.165, 1.54) is 21.5 Å². The predicted octanol–water partition coefficient (Wildman–Crippen LogP) is 2.54. The molecular formula is C14H18N6O7S4Tc+5. The number of nitrogens with zero attached hydrogens (tertiary/aromatic N) is 6. The van der Waals surface area contributed by atoms with E-state index in [2.05, 4.69) is 59.7 Å². The largest absolute Gasteiger partial charge is 7.00 e. The van der Waals surface area contributed by atoms with Crippen LogP contribution in [-0.4, -0.2) is 50.9 Å². The third-order valence-electron chi connectivity index (χ3n) is 3.52. The summed E-state index contributed by atoms with van der Waals surface area (Å²) < 4.78 is 13.0. The summed E-state index contributed by atoms with van der Waals surface area (Å²) in [7, 11) is 0. The molecule has 18 heteroatoms. The first kappa shape index (κ1) is 32.5. The summed E-state index contributed by atoms with van der Waals surface area (Å²) in [6, 6.07) is 0. The number of imidazole rings is 2. The Morgan fingerprint density at radius 2 is 1.25 bits per heavy atom. The molecule has 2 heterocycles. The molecular weight excluding hydrogens is 591 g/mol. The third kappa shape index (κ3) is 10.8. The Hall–Kier alpha value is -1.69. The molecule has 32 heavy (non-hydrogen) atoms. The van der Waals surface area contributed by atoms with Crippen molar-refractivity contribution in [2.24, 2.45) is 0 Å². The van der Waals surface area contributed by atoms with E-state index >= 15 is 0 Å². The number of aromatic nitrogens is 4. The Morgan fingerprint density at radius 3 is 1.50 bits per heavy atom. The van der Waals surface area contributed by atoms with Gasteiger partial charge in [0.05, 0.1) is 0 Å². The van der Waals surface area contributed by atoms with Crippen molar-refractivity contribution in [3.8, 4) is 0 Å². The first-order valence-corrected chi connectivity index (χ1v) is 9.80. The zero-order chi connectivity index (χ0) is 22.8. The maximum absolute atomic E-state index is 10.6. The van der Waals surface area contributed by atoms with Crippen molar-refractivity contribution in [3.05, 3.63) is 44.3 Å². The molecule has 0 saturated heterocycles. The topological polar surface area (TPSA) is 169 Å². The van der Waals surface area contributed by atoms with Crippen LogP contribution in [0.1, 0.15) is 11.6 Å². The Morgan fingerprint density at radius 1 is 0.938 bits per heavy atom. The van der Waals surface area contributed by atoms with Crippen LogP contribution in [0.2, 0.25) is 0 Å². The normalized spacial score (nSPS) is 9.38. The number of thiocarbonyl (C=S) groups is 2. The summed E-state index contributed by atoms with van der Waals surface area (Å²) >= 11 is 16.7. The Kier molecular flexibility index (Phi) is 16.2. The van der Waals surface area contributed by atoms with Gasteiger partial charge in [-0.3, -0.25) is 0 Å². The number of thiol groups is 2. The number of hydrogen-bond donors (Lipinski definition) is 2. The second-order valence-corrected chi connectivity index (χ2v) is 7.53. The van der Waals surface area contributed by atoms with E-state index in [1.54, 1.807) is 13.8 Å². The van der Waals surface area contributed by atoms with Crippen LogP contribution in [-0.2, 0) is 48.1 Å². The first-order valence-electron chi connectivity index (χ1n) is 8.09. The number of ether oxygens (including phenoxy) is 2. The maximum atomic E-state index is 10.6. The minimum Gasteiger partial charge on any atom is -2.00 e. The standard InChI is InChI=1S/2C7H9N3O3S2.O.Tc/c2*1-5-8-4-6(10(11)12)9(5)2-3-13-7(14)15;;/h2*4H,2-3H2,1H3,(H,14,15);;/q;;-2;+7/i;;;1+1. The summed E-state index contributed by atoms with van der Waals surface area (Å²) in [5.41, 5.74) is 0. The fraction of sp³-hybridized carbons (Fsp3) is 0.429. The van der Waals surface area contributed by atoms with Gasteiger partial charge in [-0.15, -0.1) is 0 Å². The Bertz CT molecular complexity index is 865. The molecule has 0 N–H and O–H groups in total.